The highest BCUT2D eigenvalue weighted by Crippen LogP contribution is 2.03. The minimum Gasteiger partial charge on any atom is -0.336 e. The Labute approximate surface area is 98.5 Å². The highest BCUT2D eigenvalue weighted by Gasteiger charge is 2.19. The molecule has 1 aliphatic heterocycles. The first-order chi connectivity index (χ1) is 7.97. The zero-order valence-corrected chi connectivity index (χ0v) is 9.85. The second-order valence-corrected chi connectivity index (χ2v) is 5.22. The third-order valence-corrected chi connectivity index (χ3v) is 3.27. The third kappa shape index (κ3) is 2.74. The number of sulfonamides is 1. The number of amides is 2. The van der Waals surface area contributed by atoms with Crippen molar-refractivity contribution in [2.45, 2.75) is 11.6 Å². The number of carbonyl (C=O) groups is 1. The molecular weight excluding hydrogens is 246 g/mol. The van der Waals surface area contributed by atoms with Gasteiger partial charge < -0.3 is 14.8 Å². The maximum Gasteiger partial charge on any atom is 0.317 e. The maximum atomic E-state index is 11.2. The average molecular weight is 259 g/mol. The fourth-order valence-electron chi connectivity index (χ4n) is 1.57. The molecule has 1 aliphatic rings. The Hall–Kier alpha value is -1.61. The van der Waals surface area contributed by atoms with E-state index in [1.54, 1.807) is 9.47 Å². The van der Waals surface area contributed by atoms with Gasteiger partial charge in [-0.3, -0.25) is 0 Å². The zero-order valence-electron chi connectivity index (χ0n) is 9.04. The molecule has 0 aliphatic carbocycles. The monoisotopic (exact) mass is 259 g/mol. The molecule has 9 heteroatoms. The van der Waals surface area contributed by atoms with Gasteiger partial charge in [0.15, 0.2) is 5.03 Å². The summed E-state index contributed by atoms with van der Waals surface area (Å²) in [5.41, 5.74) is 0. The predicted octanol–water partition coefficient (Wildman–Crippen LogP) is -1.44. The zero-order chi connectivity index (χ0) is 12.5. The van der Waals surface area contributed by atoms with Crippen LogP contribution in [0.1, 0.15) is 0 Å². The first-order valence-electron chi connectivity index (χ1n) is 5.04. The Kier molecular flexibility index (Phi) is 3.03. The summed E-state index contributed by atoms with van der Waals surface area (Å²) in [6, 6.07) is -0.100. The quantitative estimate of drug-likeness (QED) is 0.689. The van der Waals surface area contributed by atoms with Gasteiger partial charge in [0, 0.05) is 32.4 Å². The van der Waals surface area contributed by atoms with Crippen molar-refractivity contribution < 1.29 is 13.2 Å². The molecule has 1 aromatic heterocycles. The number of nitrogens with one attached hydrogen (secondary N) is 1. The minimum atomic E-state index is -3.75. The number of hydrogen-bond donors (Lipinski definition) is 2. The van der Waals surface area contributed by atoms with Crippen LogP contribution in [-0.4, -0.2) is 48.5 Å². The van der Waals surface area contributed by atoms with Gasteiger partial charge in [-0.2, -0.15) is 0 Å². The normalized spacial score (nSPS) is 16.3. The maximum absolute atomic E-state index is 11.2. The molecule has 1 aromatic rings. The molecule has 2 rings (SSSR count). The van der Waals surface area contributed by atoms with Gasteiger partial charge in [0.25, 0.3) is 10.0 Å². The Morgan fingerprint density at radius 1 is 1.47 bits per heavy atom. The van der Waals surface area contributed by atoms with E-state index in [4.69, 9.17) is 5.14 Å². The van der Waals surface area contributed by atoms with E-state index >= 15 is 0 Å². The van der Waals surface area contributed by atoms with Crippen molar-refractivity contribution >= 4 is 16.1 Å². The Balaban J connectivity index is 1.96. The van der Waals surface area contributed by atoms with Crippen LogP contribution in [0.3, 0.4) is 0 Å². The van der Waals surface area contributed by atoms with Crippen LogP contribution in [0.5, 0.6) is 0 Å². The number of primary sulfonamides is 1. The van der Waals surface area contributed by atoms with Gasteiger partial charge in [-0.25, -0.2) is 23.3 Å². The van der Waals surface area contributed by atoms with E-state index in [0.29, 0.717) is 26.2 Å². The smallest absolute Gasteiger partial charge is 0.317 e. The van der Waals surface area contributed by atoms with Crippen molar-refractivity contribution in [2.24, 2.45) is 5.14 Å². The summed E-state index contributed by atoms with van der Waals surface area (Å²) in [6.07, 6.45) is 2.73. The van der Waals surface area contributed by atoms with Gasteiger partial charge in [0.1, 0.15) is 0 Å². The summed E-state index contributed by atoms with van der Waals surface area (Å²) in [5.74, 6) is 0. The van der Waals surface area contributed by atoms with Gasteiger partial charge in [-0.1, -0.05) is 0 Å². The summed E-state index contributed by atoms with van der Waals surface area (Å²) < 4.78 is 23.6. The van der Waals surface area contributed by atoms with Crippen molar-refractivity contribution in [3.05, 3.63) is 12.5 Å². The van der Waals surface area contributed by atoms with Crippen LogP contribution in [0.15, 0.2) is 17.6 Å². The number of nitrogens with zero attached hydrogens (tertiary/aromatic N) is 3. The van der Waals surface area contributed by atoms with Gasteiger partial charge in [-0.15, -0.1) is 0 Å². The van der Waals surface area contributed by atoms with E-state index in [2.05, 4.69) is 10.3 Å². The lowest BCUT2D eigenvalue weighted by Crippen LogP contribution is -2.30. The van der Waals surface area contributed by atoms with E-state index in [1.165, 1.54) is 12.5 Å². The van der Waals surface area contributed by atoms with Gasteiger partial charge in [0.2, 0.25) is 0 Å². The molecule has 0 unspecified atom stereocenters. The van der Waals surface area contributed by atoms with Crippen LogP contribution in [0.4, 0.5) is 4.79 Å². The summed E-state index contributed by atoms with van der Waals surface area (Å²) in [4.78, 5) is 16.6. The topological polar surface area (TPSA) is 110 Å². The van der Waals surface area contributed by atoms with Crippen LogP contribution in [0, 0.1) is 0 Å². The molecule has 0 radical (unpaired) electrons. The van der Waals surface area contributed by atoms with Crippen molar-refractivity contribution in [1.82, 2.24) is 19.8 Å². The number of urea groups is 1. The number of hydrogen-bond acceptors (Lipinski definition) is 4. The fourth-order valence-corrected chi connectivity index (χ4v) is 2.05. The van der Waals surface area contributed by atoms with E-state index in [0.717, 1.165) is 0 Å². The number of aromatic nitrogens is 2. The highest BCUT2D eigenvalue weighted by atomic mass is 32.2. The second-order valence-electron chi connectivity index (χ2n) is 3.71. The molecule has 0 saturated carbocycles. The van der Waals surface area contributed by atoms with Crippen LogP contribution < -0.4 is 10.5 Å². The van der Waals surface area contributed by atoms with E-state index in [-0.39, 0.29) is 11.1 Å². The summed E-state index contributed by atoms with van der Waals surface area (Å²) in [6.45, 7) is 2.29. The SMILES string of the molecule is NS(=O)(=O)c1cn(CCN2CCNC2=O)cn1. The standard InChI is InChI=1S/C8H13N5O3S/c9-17(15,16)7-5-12(6-11-7)3-4-13-2-1-10-8(13)14/h5-6H,1-4H2,(H,10,14)(H2,9,15,16). The molecular formula is C8H13N5O3S. The lowest BCUT2D eigenvalue weighted by Gasteiger charge is -2.13. The number of nitrogens with two attached hydrogens (primary N) is 1. The van der Waals surface area contributed by atoms with E-state index in [1.807, 2.05) is 0 Å². The largest absolute Gasteiger partial charge is 0.336 e. The second kappa shape index (κ2) is 4.34. The van der Waals surface area contributed by atoms with Crippen molar-refractivity contribution in [3.63, 3.8) is 0 Å². The first-order valence-corrected chi connectivity index (χ1v) is 6.59. The summed E-state index contributed by atoms with van der Waals surface area (Å²) in [7, 11) is -3.75. The molecule has 0 atom stereocenters. The van der Waals surface area contributed by atoms with Crippen molar-refractivity contribution in [3.8, 4) is 0 Å². The summed E-state index contributed by atoms with van der Waals surface area (Å²) in [5, 5.41) is 7.45. The first kappa shape index (κ1) is 11.9. The van der Waals surface area contributed by atoms with Crippen molar-refractivity contribution in [2.75, 3.05) is 19.6 Å². The molecule has 2 amide bonds. The number of imidazole rings is 1. The van der Waals surface area contributed by atoms with Crippen molar-refractivity contribution in [1.29, 1.82) is 0 Å². The molecule has 1 saturated heterocycles. The average Bonchev–Trinajstić information content (AvgIpc) is 2.82. The highest BCUT2D eigenvalue weighted by molar-refractivity contribution is 7.89. The molecule has 94 valence electrons. The lowest BCUT2D eigenvalue weighted by atomic mass is 10.5. The third-order valence-electron chi connectivity index (χ3n) is 2.47. The molecule has 8 nitrogen and oxygen atoms in total. The lowest BCUT2D eigenvalue weighted by molar-refractivity contribution is 0.215. The van der Waals surface area contributed by atoms with Crippen LogP contribution in [0.2, 0.25) is 0 Å². The number of carbonyl (C=O) groups excluding carboxylic acids is 1. The minimum absolute atomic E-state index is 0.100. The Bertz CT molecular complexity index is 523. The van der Waals surface area contributed by atoms with Gasteiger partial charge in [0.05, 0.1) is 6.33 Å². The van der Waals surface area contributed by atoms with Crippen LogP contribution in [-0.2, 0) is 16.6 Å². The molecule has 1 fully saturated rings. The predicted molar refractivity (Wildman–Crippen MR) is 58.6 cm³/mol. The molecule has 17 heavy (non-hydrogen) atoms. The Morgan fingerprint density at radius 3 is 2.76 bits per heavy atom. The molecule has 0 spiro atoms. The van der Waals surface area contributed by atoms with Crippen LogP contribution >= 0.6 is 0 Å². The fraction of sp³-hybridized carbons (Fsp3) is 0.500. The van der Waals surface area contributed by atoms with E-state index < -0.39 is 10.0 Å². The molecule has 3 N–H and O–H groups in total. The van der Waals surface area contributed by atoms with Gasteiger partial charge >= 0.3 is 6.03 Å². The molecule has 2 heterocycles. The van der Waals surface area contributed by atoms with E-state index in [9.17, 15) is 13.2 Å². The molecule has 0 aromatic carbocycles. The van der Waals surface area contributed by atoms with Gasteiger partial charge in [-0.05, 0) is 0 Å². The molecule has 0 bridgehead atoms. The Morgan fingerprint density at radius 2 is 2.24 bits per heavy atom. The van der Waals surface area contributed by atoms with Crippen LogP contribution in [0.25, 0.3) is 0 Å². The number of rotatable bonds is 4. The summed E-state index contributed by atoms with van der Waals surface area (Å²) >= 11 is 0.